The zero-order chi connectivity index (χ0) is 22.2. The first kappa shape index (κ1) is 22.0. The van der Waals surface area contributed by atoms with Gasteiger partial charge in [-0.05, 0) is 48.9 Å². The quantitative estimate of drug-likeness (QED) is 0.586. The Labute approximate surface area is 190 Å². The lowest BCUT2D eigenvalue weighted by Crippen LogP contribution is -2.23. The zero-order valence-corrected chi connectivity index (χ0v) is 19.5. The molecule has 4 rings (SSSR count). The third-order valence-corrected chi connectivity index (χ3v) is 8.57. The molecule has 9 heteroatoms. The number of hydrogen-bond donors (Lipinski definition) is 1. The highest BCUT2D eigenvalue weighted by atomic mass is 35.5. The Hall–Kier alpha value is -2.26. The smallest absolute Gasteiger partial charge is 0.259 e. The van der Waals surface area contributed by atoms with Gasteiger partial charge in [0.2, 0.25) is 10.0 Å². The van der Waals surface area contributed by atoms with Gasteiger partial charge in [-0.3, -0.25) is 10.1 Å². The number of carbonyl (C=O) groups excluding carboxylic acids is 1. The number of anilines is 1. The second-order valence-corrected chi connectivity index (χ2v) is 11.3. The molecule has 31 heavy (non-hydrogen) atoms. The average Bonchev–Trinajstić information content (AvgIpc) is 3.15. The third kappa shape index (κ3) is 4.52. The number of nitrogens with one attached hydrogen (secondary N) is 1. The van der Waals surface area contributed by atoms with Crippen LogP contribution in [0.3, 0.4) is 0 Å². The Morgan fingerprint density at radius 3 is 2.65 bits per heavy atom. The molecule has 0 bridgehead atoms. The van der Waals surface area contributed by atoms with E-state index in [1.165, 1.54) is 54.1 Å². The number of aryl methyl sites for hydroxylation is 1. The second-order valence-electron chi connectivity index (χ2n) is 7.62. The Kier molecular flexibility index (Phi) is 6.16. The van der Waals surface area contributed by atoms with Crippen molar-refractivity contribution in [1.82, 2.24) is 9.29 Å². The molecular weight excluding hydrogens is 454 g/mol. The molecule has 1 atom stereocenters. The van der Waals surface area contributed by atoms with E-state index in [4.69, 9.17) is 11.6 Å². The van der Waals surface area contributed by atoms with Crippen LogP contribution < -0.4 is 5.32 Å². The lowest BCUT2D eigenvalue weighted by atomic mass is 9.85. The number of aromatic nitrogens is 1. The average molecular weight is 476 g/mol. The summed E-state index contributed by atoms with van der Waals surface area (Å²) in [5, 5.41) is 3.48. The van der Waals surface area contributed by atoms with E-state index in [1.807, 2.05) is 6.07 Å². The lowest BCUT2D eigenvalue weighted by molar-refractivity contribution is 0.102. The molecule has 1 amide bonds. The molecule has 0 saturated carbocycles. The number of carbonyl (C=O) groups is 1. The molecule has 0 radical (unpaired) electrons. The van der Waals surface area contributed by atoms with Crippen LogP contribution in [0.2, 0.25) is 5.02 Å². The fourth-order valence-corrected chi connectivity index (χ4v) is 5.87. The SMILES string of the molecule is CN(C)S(=O)(=O)c1ccc(Cl)c(C(=O)Nc2nc3c(s2)CC(c2ccccc2)CC3)c1. The van der Waals surface area contributed by atoms with Crippen molar-refractivity contribution in [3.05, 3.63) is 75.3 Å². The summed E-state index contributed by atoms with van der Waals surface area (Å²) in [5.41, 5.74) is 2.43. The Morgan fingerprint density at radius 2 is 1.94 bits per heavy atom. The third-order valence-electron chi connectivity index (χ3n) is 5.39. The minimum atomic E-state index is -3.68. The molecule has 2 aromatic carbocycles. The molecule has 1 aliphatic rings. The molecule has 3 aromatic rings. The van der Waals surface area contributed by atoms with Gasteiger partial charge in [0.25, 0.3) is 5.91 Å². The zero-order valence-electron chi connectivity index (χ0n) is 17.1. The monoisotopic (exact) mass is 475 g/mol. The van der Waals surface area contributed by atoms with Crippen LogP contribution in [-0.2, 0) is 22.9 Å². The fraction of sp³-hybridized carbons (Fsp3) is 0.273. The number of fused-ring (bicyclic) bond motifs is 1. The van der Waals surface area contributed by atoms with Crippen LogP contribution in [0.15, 0.2) is 53.4 Å². The summed E-state index contributed by atoms with van der Waals surface area (Å²) in [5.74, 6) is -0.0356. The first-order valence-corrected chi connectivity index (χ1v) is 12.5. The fourth-order valence-electron chi connectivity index (χ4n) is 3.65. The first-order chi connectivity index (χ1) is 14.8. The number of rotatable bonds is 5. The van der Waals surface area contributed by atoms with Crippen molar-refractivity contribution < 1.29 is 13.2 Å². The van der Waals surface area contributed by atoms with Gasteiger partial charge < -0.3 is 0 Å². The van der Waals surface area contributed by atoms with Crippen LogP contribution in [0, 0.1) is 0 Å². The molecule has 162 valence electrons. The number of nitrogens with zero attached hydrogens (tertiary/aromatic N) is 2. The minimum Gasteiger partial charge on any atom is -0.298 e. The van der Waals surface area contributed by atoms with Gasteiger partial charge in [-0.1, -0.05) is 41.9 Å². The van der Waals surface area contributed by atoms with Crippen molar-refractivity contribution in [3.63, 3.8) is 0 Å². The van der Waals surface area contributed by atoms with Crippen LogP contribution in [0.5, 0.6) is 0 Å². The van der Waals surface area contributed by atoms with Crippen molar-refractivity contribution in [2.75, 3.05) is 19.4 Å². The summed E-state index contributed by atoms with van der Waals surface area (Å²) in [6, 6.07) is 14.5. The van der Waals surface area contributed by atoms with Crippen LogP contribution in [0.4, 0.5) is 5.13 Å². The Morgan fingerprint density at radius 1 is 1.19 bits per heavy atom. The predicted molar refractivity (Wildman–Crippen MR) is 124 cm³/mol. The maximum atomic E-state index is 12.8. The standard InChI is InChI=1S/C22H22ClN3O3S2/c1-26(2)31(28,29)16-9-10-18(23)17(13-16)21(27)25-22-24-19-11-8-15(12-20(19)30-22)14-6-4-3-5-7-14/h3-7,9-10,13,15H,8,11-12H2,1-2H3,(H,24,25,27). The summed E-state index contributed by atoms with van der Waals surface area (Å²) in [6.07, 6.45) is 2.77. The largest absolute Gasteiger partial charge is 0.298 e. The van der Waals surface area contributed by atoms with Crippen molar-refractivity contribution >= 4 is 44.0 Å². The molecule has 0 fully saturated rings. The summed E-state index contributed by atoms with van der Waals surface area (Å²) < 4.78 is 25.9. The van der Waals surface area contributed by atoms with E-state index >= 15 is 0 Å². The van der Waals surface area contributed by atoms with E-state index < -0.39 is 15.9 Å². The van der Waals surface area contributed by atoms with Crippen molar-refractivity contribution in [3.8, 4) is 0 Å². The van der Waals surface area contributed by atoms with Crippen LogP contribution in [0.25, 0.3) is 0 Å². The highest BCUT2D eigenvalue weighted by molar-refractivity contribution is 7.89. The molecule has 1 aromatic heterocycles. The summed E-state index contributed by atoms with van der Waals surface area (Å²) in [6.45, 7) is 0. The number of sulfonamides is 1. The van der Waals surface area contributed by atoms with Crippen molar-refractivity contribution in [2.24, 2.45) is 0 Å². The second kappa shape index (κ2) is 8.70. The van der Waals surface area contributed by atoms with Crippen molar-refractivity contribution in [1.29, 1.82) is 0 Å². The minimum absolute atomic E-state index is 0.0104. The molecule has 1 heterocycles. The Balaban J connectivity index is 1.54. The number of benzene rings is 2. The van der Waals surface area contributed by atoms with E-state index in [1.54, 1.807) is 0 Å². The van der Waals surface area contributed by atoms with Gasteiger partial charge in [0, 0.05) is 19.0 Å². The lowest BCUT2D eigenvalue weighted by Gasteiger charge is -2.21. The highest BCUT2D eigenvalue weighted by Gasteiger charge is 2.25. The van der Waals surface area contributed by atoms with Gasteiger partial charge in [0.1, 0.15) is 0 Å². The first-order valence-electron chi connectivity index (χ1n) is 9.82. The van der Waals surface area contributed by atoms with Crippen LogP contribution in [-0.4, -0.2) is 37.7 Å². The van der Waals surface area contributed by atoms with E-state index in [0.717, 1.165) is 29.3 Å². The van der Waals surface area contributed by atoms with E-state index in [9.17, 15) is 13.2 Å². The molecule has 1 N–H and O–H groups in total. The summed E-state index contributed by atoms with van der Waals surface area (Å²) in [4.78, 5) is 18.6. The molecule has 0 spiro atoms. The van der Waals surface area contributed by atoms with Crippen LogP contribution in [0.1, 0.15) is 38.8 Å². The maximum Gasteiger partial charge on any atom is 0.259 e. The molecule has 0 saturated heterocycles. The molecular formula is C22H22ClN3O3S2. The normalized spacial score (nSPS) is 16.2. The summed E-state index contributed by atoms with van der Waals surface area (Å²) >= 11 is 7.65. The topological polar surface area (TPSA) is 79.4 Å². The molecule has 0 aliphatic heterocycles. The molecule has 6 nitrogen and oxygen atoms in total. The highest BCUT2D eigenvalue weighted by Crippen LogP contribution is 2.37. The van der Waals surface area contributed by atoms with Crippen molar-refractivity contribution in [2.45, 2.75) is 30.1 Å². The maximum absolute atomic E-state index is 12.8. The number of thiazole rings is 1. The van der Waals surface area contributed by atoms with Gasteiger partial charge in [-0.15, -0.1) is 11.3 Å². The number of amides is 1. The molecule has 1 unspecified atom stereocenters. The molecule has 1 aliphatic carbocycles. The number of hydrogen-bond acceptors (Lipinski definition) is 5. The van der Waals surface area contributed by atoms with E-state index in [0.29, 0.717) is 11.0 Å². The van der Waals surface area contributed by atoms with E-state index in [-0.39, 0.29) is 15.5 Å². The van der Waals surface area contributed by atoms with Gasteiger partial charge in [0.15, 0.2) is 5.13 Å². The van der Waals surface area contributed by atoms with Gasteiger partial charge in [-0.25, -0.2) is 17.7 Å². The van der Waals surface area contributed by atoms with Gasteiger partial charge in [0.05, 0.1) is 21.2 Å². The number of halogens is 1. The van der Waals surface area contributed by atoms with Crippen LogP contribution >= 0.6 is 22.9 Å². The van der Waals surface area contributed by atoms with Gasteiger partial charge >= 0.3 is 0 Å². The van der Waals surface area contributed by atoms with Gasteiger partial charge in [-0.2, -0.15) is 0 Å². The predicted octanol–water partition coefficient (Wildman–Crippen LogP) is 4.57. The summed E-state index contributed by atoms with van der Waals surface area (Å²) in [7, 11) is -0.802. The van der Waals surface area contributed by atoms with E-state index in [2.05, 4.69) is 34.6 Å². The Bertz CT molecular complexity index is 1220.